The summed E-state index contributed by atoms with van der Waals surface area (Å²) in [5.41, 5.74) is 2.22. The third kappa shape index (κ3) is 5.35. The van der Waals surface area contributed by atoms with Crippen molar-refractivity contribution < 1.29 is 9.47 Å². The molecular weight excluding hydrogens is 428 g/mol. The van der Waals surface area contributed by atoms with Crippen LogP contribution in [0, 0.1) is 0 Å². The number of methoxy groups -OCH3 is 2. The molecular formula is C23H21ClN6O2. The minimum Gasteiger partial charge on any atom is -0.497 e. The van der Waals surface area contributed by atoms with Gasteiger partial charge in [-0.2, -0.15) is 15.0 Å². The van der Waals surface area contributed by atoms with Crippen LogP contribution in [0.5, 0.6) is 11.5 Å². The number of anilines is 6. The van der Waals surface area contributed by atoms with Crippen molar-refractivity contribution in [3.05, 3.63) is 77.8 Å². The van der Waals surface area contributed by atoms with Gasteiger partial charge in [0.2, 0.25) is 17.8 Å². The van der Waals surface area contributed by atoms with E-state index < -0.39 is 0 Å². The lowest BCUT2D eigenvalue weighted by Gasteiger charge is -2.13. The number of hydrogen-bond acceptors (Lipinski definition) is 8. The molecule has 0 spiro atoms. The highest BCUT2D eigenvalue weighted by molar-refractivity contribution is 6.33. The van der Waals surface area contributed by atoms with E-state index in [9.17, 15) is 0 Å². The maximum Gasteiger partial charge on any atom is 0.233 e. The summed E-state index contributed by atoms with van der Waals surface area (Å²) in [5, 5.41) is 10.1. The average molecular weight is 449 g/mol. The molecule has 0 atom stereocenters. The number of nitrogens with zero attached hydrogens (tertiary/aromatic N) is 3. The fraction of sp³-hybridized carbons (Fsp3) is 0.0870. The quantitative estimate of drug-likeness (QED) is 0.312. The number of nitrogens with one attached hydrogen (secondary N) is 3. The lowest BCUT2D eigenvalue weighted by Crippen LogP contribution is -2.07. The molecule has 0 aliphatic carbocycles. The SMILES string of the molecule is COc1cccc(Nc2nc(Nc3cccc(OC)c3)nc(Nc3ccccc3Cl)n2)c1. The Hall–Kier alpha value is -4.04. The molecule has 0 unspecified atom stereocenters. The molecule has 0 saturated heterocycles. The summed E-state index contributed by atoms with van der Waals surface area (Å²) in [6.45, 7) is 0. The first-order chi connectivity index (χ1) is 15.6. The highest BCUT2D eigenvalue weighted by atomic mass is 35.5. The molecule has 4 rings (SSSR count). The second-order valence-electron chi connectivity index (χ2n) is 6.62. The monoisotopic (exact) mass is 448 g/mol. The lowest BCUT2D eigenvalue weighted by molar-refractivity contribution is 0.415. The van der Waals surface area contributed by atoms with Gasteiger partial charge >= 0.3 is 0 Å². The number of para-hydroxylation sites is 1. The van der Waals surface area contributed by atoms with Gasteiger partial charge in [-0.15, -0.1) is 0 Å². The molecule has 0 aliphatic rings. The van der Waals surface area contributed by atoms with Crippen LogP contribution in [-0.4, -0.2) is 29.2 Å². The average Bonchev–Trinajstić information content (AvgIpc) is 2.81. The number of aromatic nitrogens is 3. The first kappa shape index (κ1) is 21.2. The maximum absolute atomic E-state index is 6.29. The van der Waals surface area contributed by atoms with E-state index in [-0.39, 0.29) is 0 Å². The van der Waals surface area contributed by atoms with Gasteiger partial charge in [0.15, 0.2) is 0 Å². The third-order valence-corrected chi connectivity index (χ3v) is 4.74. The summed E-state index contributed by atoms with van der Waals surface area (Å²) >= 11 is 6.29. The first-order valence-electron chi connectivity index (χ1n) is 9.73. The Balaban J connectivity index is 1.67. The van der Waals surface area contributed by atoms with E-state index in [1.807, 2.05) is 66.7 Å². The van der Waals surface area contributed by atoms with Crippen molar-refractivity contribution in [3.63, 3.8) is 0 Å². The van der Waals surface area contributed by atoms with Gasteiger partial charge in [-0.25, -0.2) is 0 Å². The van der Waals surface area contributed by atoms with Crippen LogP contribution in [-0.2, 0) is 0 Å². The molecule has 0 fully saturated rings. The molecule has 0 radical (unpaired) electrons. The first-order valence-corrected chi connectivity index (χ1v) is 10.1. The van der Waals surface area contributed by atoms with Crippen LogP contribution >= 0.6 is 11.6 Å². The Bertz CT molecular complexity index is 1150. The Labute approximate surface area is 190 Å². The van der Waals surface area contributed by atoms with Gasteiger partial charge in [0, 0.05) is 23.5 Å². The fourth-order valence-electron chi connectivity index (χ4n) is 2.89. The number of hydrogen-bond donors (Lipinski definition) is 3. The molecule has 1 aromatic heterocycles. The molecule has 0 amide bonds. The van der Waals surface area contributed by atoms with Crippen molar-refractivity contribution in [1.29, 1.82) is 0 Å². The number of halogens is 1. The zero-order chi connectivity index (χ0) is 22.3. The molecule has 32 heavy (non-hydrogen) atoms. The number of rotatable bonds is 8. The summed E-state index contributed by atoms with van der Waals surface area (Å²) < 4.78 is 10.6. The van der Waals surface area contributed by atoms with Crippen LogP contribution in [0.4, 0.5) is 34.9 Å². The van der Waals surface area contributed by atoms with Gasteiger partial charge in [0.05, 0.1) is 24.9 Å². The Morgan fingerprint density at radius 2 is 1.12 bits per heavy atom. The molecule has 0 saturated carbocycles. The summed E-state index contributed by atoms with van der Waals surface area (Å²) in [4.78, 5) is 13.5. The molecule has 8 nitrogen and oxygen atoms in total. The van der Waals surface area contributed by atoms with Crippen LogP contribution in [0.15, 0.2) is 72.8 Å². The summed E-state index contributed by atoms with van der Waals surface area (Å²) in [6, 6.07) is 22.3. The molecule has 1 heterocycles. The van der Waals surface area contributed by atoms with Crippen LogP contribution in [0.2, 0.25) is 5.02 Å². The number of benzene rings is 3. The van der Waals surface area contributed by atoms with E-state index in [1.165, 1.54) is 0 Å². The Kier molecular flexibility index (Phi) is 6.52. The van der Waals surface area contributed by atoms with Crippen molar-refractivity contribution in [2.45, 2.75) is 0 Å². The van der Waals surface area contributed by atoms with Crippen LogP contribution < -0.4 is 25.4 Å². The molecule has 0 bridgehead atoms. The van der Waals surface area contributed by atoms with Crippen LogP contribution in [0.3, 0.4) is 0 Å². The van der Waals surface area contributed by atoms with Crippen molar-refractivity contribution in [2.75, 3.05) is 30.2 Å². The maximum atomic E-state index is 6.29. The summed E-state index contributed by atoms with van der Waals surface area (Å²) in [7, 11) is 3.23. The number of ether oxygens (including phenoxy) is 2. The van der Waals surface area contributed by atoms with E-state index in [0.29, 0.717) is 40.1 Å². The molecule has 4 aromatic rings. The summed E-state index contributed by atoms with van der Waals surface area (Å²) in [6.07, 6.45) is 0. The van der Waals surface area contributed by atoms with E-state index in [4.69, 9.17) is 21.1 Å². The molecule has 0 aliphatic heterocycles. The third-order valence-electron chi connectivity index (χ3n) is 4.41. The smallest absolute Gasteiger partial charge is 0.233 e. The topological polar surface area (TPSA) is 93.2 Å². The highest BCUT2D eigenvalue weighted by Gasteiger charge is 2.10. The van der Waals surface area contributed by atoms with Gasteiger partial charge in [-0.3, -0.25) is 0 Å². The molecule has 9 heteroatoms. The predicted molar refractivity (Wildman–Crippen MR) is 127 cm³/mol. The summed E-state index contributed by atoms with van der Waals surface area (Å²) in [5.74, 6) is 2.44. The van der Waals surface area contributed by atoms with Crippen LogP contribution in [0.25, 0.3) is 0 Å². The predicted octanol–water partition coefficient (Wildman–Crippen LogP) is 5.77. The van der Waals surface area contributed by atoms with Crippen molar-refractivity contribution in [3.8, 4) is 11.5 Å². The van der Waals surface area contributed by atoms with Crippen molar-refractivity contribution >= 4 is 46.5 Å². The Morgan fingerprint density at radius 1 is 0.625 bits per heavy atom. The van der Waals surface area contributed by atoms with Gasteiger partial charge in [-0.05, 0) is 36.4 Å². The molecule has 3 N–H and O–H groups in total. The van der Waals surface area contributed by atoms with E-state index >= 15 is 0 Å². The second-order valence-corrected chi connectivity index (χ2v) is 7.03. The highest BCUT2D eigenvalue weighted by Crippen LogP contribution is 2.26. The van der Waals surface area contributed by atoms with E-state index in [0.717, 1.165) is 11.4 Å². The van der Waals surface area contributed by atoms with Gasteiger partial charge in [0.25, 0.3) is 0 Å². The largest absolute Gasteiger partial charge is 0.497 e. The standard InChI is InChI=1S/C23H21ClN6O2/c1-31-17-9-5-7-15(13-17)25-21-28-22(26-16-8-6-10-18(14-16)32-2)30-23(29-21)27-20-12-4-3-11-19(20)24/h3-14H,1-2H3,(H3,25,26,27,28,29,30). The zero-order valence-corrected chi connectivity index (χ0v) is 18.2. The van der Waals surface area contributed by atoms with Gasteiger partial charge in [-0.1, -0.05) is 35.9 Å². The minimum atomic E-state index is 0.323. The van der Waals surface area contributed by atoms with Crippen LogP contribution in [0.1, 0.15) is 0 Å². The van der Waals surface area contributed by atoms with Crippen molar-refractivity contribution in [1.82, 2.24) is 15.0 Å². The minimum absolute atomic E-state index is 0.323. The van der Waals surface area contributed by atoms with Crippen molar-refractivity contribution in [2.24, 2.45) is 0 Å². The lowest BCUT2D eigenvalue weighted by atomic mass is 10.3. The second kappa shape index (κ2) is 9.84. The fourth-order valence-corrected chi connectivity index (χ4v) is 3.07. The molecule has 3 aromatic carbocycles. The Morgan fingerprint density at radius 3 is 1.62 bits per heavy atom. The molecule has 162 valence electrons. The van der Waals surface area contributed by atoms with E-state index in [2.05, 4.69) is 30.9 Å². The van der Waals surface area contributed by atoms with Gasteiger partial charge in [0.1, 0.15) is 11.5 Å². The van der Waals surface area contributed by atoms with E-state index in [1.54, 1.807) is 20.3 Å². The van der Waals surface area contributed by atoms with Gasteiger partial charge < -0.3 is 25.4 Å². The normalized spacial score (nSPS) is 10.3. The zero-order valence-electron chi connectivity index (χ0n) is 17.5.